The third kappa shape index (κ3) is 2.37. The van der Waals surface area contributed by atoms with E-state index in [1.54, 1.807) is 22.7 Å². The van der Waals surface area contributed by atoms with E-state index in [-0.39, 0.29) is 5.38 Å². The number of rotatable bonds is 2. The van der Waals surface area contributed by atoms with Crippen molar-refractivity contribution >= 4 is 50.2 Å². The predicted octanol–water partition coefficient (Wildman–Crippen LogP) is 5.83. The van der Waals surface area contributed by atoms with Crippen molar-refractivity contribution in [2.45, 2.75) is 26.1 Å². The molecule has 0 nitrogen and oxygen atoms in total. The number of hydrogen-bond donors (Lipinski definition) is 0. The lowest BCUT2D eigenvalue weighted by molar-refractivity contribution is 1.20. The zero-order valence-electron chi connectivity index (χ0n) is 9.30. The normalized spacial score (nSPS) is 13.1. The van der Waals surface area contributed by atoms with Gasteiger partial charge in [0.1, 0.15) is 5.38 Å². The fraction of sp³-hybridized carbons (Fsp3) is 0.333. The first-order valence-electron chi connectivity index (χ1n) is 4.96. The van der Waals surface area contributed by atoms with Gasteiger partial charge < -0.3 is 0 Å². The quantitative estimate of drug-likeness (QED) is 0.606. The van der Waals surface area contributed by atoms with Gasteiger partial charge in [-0.2, -0.15) is 0 Å². The molecule has 2 heterocycles. The van der Waals surface area contributed by atoms with E-state index >= 15 is 0 Å². The van der Waals surface area contributed by atoms with Crippen LogP contribution in [0.2, 0.25) is 0 Å². The molecule has 16 heavy (non-hydrogen) atoms. The standard InChI is InChI=1S/C12H12BrClS2/c1-6-4-8(3)15-11(6)10(14)9-5-7(2)12(13)16-9/h4-5,10H,1-3H3. The molecule has 0 aliphatic carbocycles. The van der Waals surface area contributed by atoms with E-state index in [2.05, 4.69) is 48.8 Å². The maximum absolute atomic E-state index is 6.54. The molecule has 1 unspecified atom stereocenters. The molecule has 0 spiro atoms. The van der Waals surface area contributed by atoms with Gasteiger partial charge in [0, 0.05) is 14.6 Å². The summed E-state index contributed by atoms with van der Waals surface area (Å²) in [7, 11) is 0. The van der Waals surface area contributed by atoms with E-state index in [9.17, 15) is 0 Å². The minimum atomic E-state index is -0.00583. The summed E-state index contributed by atoms with van der Waals surface area (Å²) in [6, 6.07) is 4.37. The van der Waals surface area contributed by atoms with Crippen LogP contribution in [-0.4, -0.2) is 0 Å². The number of aryl methyl sites for hydroxylation is 3. The maximum Gasteiger partial charge on any atom is 0.102 e. The minimum Gasteiger partial charge on any atom is -0.143 e. The smallest absolute Gasteiger partial charge is 0.102 e. The first kappa shape index (κ1) is 12.6. The van der Waals surface area contributed by atoms with E-state index in [0.29, 0.717) is 0 Å². The molecule has 0 saturated heterocycles. The number of alkyl halides is 1. The molecule has 0 fully saturated rings. The lowest BCUT2D eigenvalue weighted by Gasteiger charge is -2.05. The zero-order valence-corrected chi connectivity index (χ0v) is 13.3. The lowest BCUT2D eigenvalue weighted by atomic mass is 10.2. The van der Waals surface area contributed by atoms with Crippen LogP contribution in [0.3, 0.4) is 0 Å². The average molecular weight is 336 g/mol. The van der Waals surface area contributed by atoms with Gasteiger partial charge in [0.25, 0.3) is 0 Å². The Labute approximate surface area is 117 Å². The van der Waals surface area contributed by atoms with Crippen LogP contribution in [0.5, 0.6) is 0 Å². The van der Waals surface area contributed by atoms with E-state index in [4.69, 9.17) is 11.6 Å². The molecule has 0 aliphatic rings. The molecule has 0 saturated carbocycles. The van der Waals surface area contributed by atoms with Crippen molar-refractivity contribution < 1.29 is 0 Å². The monoisotopic (exact) mass is 334 g/mol. The van der Waals surface area contributed by atoms with Crippen molar-refractivity contribution in [1.29, 1.82) is 0 Å². The fourth-order valence-electron chi connectivity index (χ4n) is 1.65. The van der Waals surface area contributed by atoms with Crippen LogP contribution in [0, 0.1) is 20.8 Å². The second-order valence-corrected chi connectivity index (χ2v) is 8.00. The molecule has 0 bridgehead atoms. The number of thiophene rings is 2. The lowest BCUT2D eigenvalue weighted by Crippen LogP contribution is -1.87. The Morgan fingerprint density at radius 2 is 1.81 bits per heavy atom. The SMILES string of the molecule is Cc1cc(C)c(C(Cl)c2cc(C)c(Br)s2)s1. The molecule has 4 heteroatoms. The molecule has 1 atom stereocenters. The van der Waals surface area contributed by atoms with Gasteiger partial charge in [-0.15, -0.1) is 34.3 Å². The molecular weight excluding hydrogens is 324 g/mol. The van der Waals surface area contributed by atoms with Gasteiger partial charge in [-0.3, -0.25) is 0 Å². The van der Waals surface area contributed by atoms with Crippen molar-refractivity contribution in [2.24, 2.45) is 0 Å². The van der Waals surface area contributed by atoms with Crippen LogP contribution in [0.1, 0.15) is 31.1 Å². The summed E-state index contributed by atoms with van der Waals surface area (Å²) in [6.45, 7) is 6.35. The van der Waals surface area contributed by atoms with Gasteiger partial charge >= 0.3 is 0 Å². The van der Waals surface area contributed by atoms with Crippen molar-refractivity contribution in [2.75, 3.05) is 0 Å². The van der Waals surface area contributed by atoms with Gasteiger partial charge in [0.2, 0.25) is 0 Å². The largest absolute Gasteiger partial charge is 0.143 e. The van der Waals surface area contributed by atoms with Gasteiger partial charge in [0.15, 0.2) is 0 Å². The molecule has 0 N–H and O–H groups in total. The Kier molecular flexibility index (Phi) is 3.79. The van der Waals surface area contributed by atoms with E-state index in [1.165, 1.54) is 29.5 Å². The second kappa shape index (κ2) is 4.81. The Morgan fingerprint density at radius 1 is 1.12 bits per heavy atom. The molecule has 0 aromatic carbocycles. The molecule has 2 aromatic rings. The summed E-state index contributed by atoms with van der Waals surface area (Å²) in [5.41, 5.74) is 2.56. The molecule has 2 rings (SSSR count). The zero-order chi connectivity index (χ0) is 11.9. The molecule has 2 aromatic heterocycles. The molecule has 0 aliphatic heterocycles. The summed E-state index contributed by atoms with van der Waals surface area (Å²) in [6.07, 6.45) is 0. The molecule has 86 valence electrons. The Balaban J connectivity index is 2.38. The summed E-state index contributed by atoms with van der Waals surface area (Å²) in [5, 5.41) is -0.00583. The van der Waals surface area contributed by atoms with Crippen LogP contribution in [-0.2, 0) is 0 Å². The van der Waals surface area contributed by atoms with E-state index < -0.39 is 0 Å². The van der Waals surface area contributed by atoms with E-state index in [1.807, 2.05) is 0 Å². The van der Waals surface area contributed by atoms with E-state index in [0.717, 1.165) is 0 Å². The fourth-order valence-corrected chi connectivity index (χ4v) is 4.82. The highest BCUT2D eigenvalue weighted by Crippen LogP contribution is 2.41. The summed E-state index contributed by atoms with van der Waals surface area (Å²) >= 11 is 13.6. The third-order valence-electron chi connectivity index (χ3n) is 2.44. The van der Waals surface area contributed by atoms with Crippen LogP contribution >= 0.6 is 50.2 Å². The third-order valence-corrected chi connectivity index (χ3v) is 6.57. The van der Waals surface area contributed by atoms with Crippen molar-refractivity contribution in [3.05, 3.63) is 41.7 Å². The highest BCUT2D eigenvalue weighted by molar-refractivity contribution is 9.11. The molecule has 0 radical (unpaired) electrons. The van der Waals surface area contributed by atoms with Crippen LogP contribution in [0.4, 0.5) is 0 Å². The minimum absolute atomic E-state index is 0.00583. The van der Waals surface area contributed by atoms with Crippen LogP contribution < -0.4 is 0 Å². The summed E-state index contributed by atoms with van der Waals surface area (Å²) in [5.74, 6) is 0. The van der Waals surface area contributed by atoms with Crippen LogP contribution in [0.25, 0.3) is 0 Å². The van der Waals surface area contributed by atoms with Gasteiger partial charge in [-0.05, 0) is 60.0 Å². The number of halogens is 2. The average Bonchev–Trinajstić information content (AvgIpc) is 2.70. The second-order valence-electron chi connectivity index (χ2n) is 3.87. The Hall–Kier alpha value is 0.170. The molecule has 0 amide bonds. The highest BCUT2D eigenvalue weighted by Gasteiger charge is 2.18. The van der Waals surface area contributed by atoms with Gasteiger partial charge in [-0.25, -0.2) is 0 Å². The topological polar surface area (TPSA) is 0 Å². The van der Waals surface area contributed by atoms with Crippen molar-refractivity contribution in [3.8, 4) is 0 Å². The summed E-state index contributed by atoms with van der Waals surface area (Å²) in [4.78, 5) is 3.81. The van der Waals surface area contributed by atoms with Crippen LogP contribution in [0.15, 0.2) is 15.9 Å². The van der Waals surface area contributed by atoms with Gasteiger partial charge in [-0.1, -0.05) is 0 Å². The first-order chi connectivity index (χ1) is 7.49. The molecular formula is C12H12BrClS2. The predicted molar refractivity (Wildman–Crippen MR) is 78.2 cm³/mol. The summed E-state index contributed by atoms with van der Waals surface area (Å²) < 4.78 is 1.18. The Morgan fingerprint density at radius 3 is 2.25 bits per heavy atom. The maximum atomic E-state index is 6.54. The highest BCUT2D eigenvalue weighted by atomic mass is 79.9. The first-order valence-corrected chi connectivity index (χ1v) is 7.82. The van der Waals surface area contributed by atoms with Crippen molar-refractivity contribution in [3.63, 3.8) is 0 Å². The number of hydrogen-bond acceptors (Lipinski definition) is 2. The van der Waals surface area contributed by atoms with Crippen molar-refractivity contribution in [1.82, 2.24) is 0 Å². The Bertz CT molecular complexity index is 494. The van der Waals surface area contributed by atoms with Gasteiger partial charge in [0.05, 0.1) is 3.79 Å².